The molecule has 0 saturated carbocycles. The molecule has 0 unspecified atom stereocenters. The van der Waals surface area contributed by atoms with Crippen molar-refractivity contribution in [2.45, 2.75) is 16.0 Å². The molecule has 5 nitrogen and oxygen atoms in total. The monoisotopic (exact) mass is 327 g/mol. The van der Waals surface area contributed by atoms with Gasteiger partial charge in [0.1, 0.15) is 0 Å². The lowest BCUT2D eigenvalue weighted by atomic mass is 10.2. The number of nitrogens with zero attached hydrogens (tertiary/aromatic N) is 3. The summed E-state index contributed by atoms with van der Waals surface area (Å²) in [6.07, 6.45) is -4.82. The zero-order valence-corrected chi connectivity index (χ0v) is 11.6. The third-order valence-corrected chi connectivity index (χ3v) is 4.65. The van der Waals surface area contributed by atoms with Gasteiger partial charge in [-0.15, -0.1) is 0 Å². The van der Waals surface area contributed by atoms with Gasteiger partial charge in [-0.25, -0.2) is 8.42 Å². The summed E-state index contributed by atoms with van der Waals surface area (Å²) in [5.41, 5.74) is 6.91. The molecule has 2 aromatic rings. The van der Waals surface area contributed by atoms with Crippen LogP contribution in [0.5, 0.6) is 0 Å². The van der Waals surface area contributed by atoms with Gasteiger partial charge in [0, 0.05) is 4.91 Å². The first-order valence-corrected chi connectivity index (χ1v) is 7.32. The zero-order valence-electron chi connectivity index (χ0n) is 10.8. The van der Waals surface area contributed by atoms with Crippen LogP contribution >= 0.6 is 0 Å². The number of rotatable bonds is 3. The number of azide groups is 1. The zero-order chi connectivity index (χ0) is 16.4. The van der Waals surface area contributed by atoms with E-state index in [1.165, 1.54) is 24.3 Å². The first kappa shape index (κ1) is 15.9. The van der Waals surface area contributed by atoms with E-state index in [2.05, 4.69) is 10.0 Å². The van der Waals surface area contributed by atoms with Gasteiger partial charge in [0.2, 0.25) is 9.84 Å². The van der Waals surface area contributed by atoms with Gasteiger partial charge in [0.25, 0.3) is 0 Å². The van der Waals surface area contributed by atoms with Crippen molar-refractivity contribution in [3.05, 3.63) is 64.5 Å². The minimum Gasteiger partial charge on any atom is -0.218 e. The Bertz CT molecular complexity index is 857. The van der Waals surface area contributed by atoms with Gasteiger partial charge in [-0.3, -0.25) is 0 Å². The molecular weight excluding hydrogens is 319 g/mol. The van der Waals surface area contributed by atoms with Crippen molar-refractivity contribution >= 4 is 15.5 Å². The molecule has 0 bridgehead atoms. The lowest BCUT2D eigenvalue weighted by molar-refractivity contribution is -0.139. The summed E-state index contributed by atoms with van der Waals surface area (Å²) >= 11 is 0. The lowest BCUT2D eigenvalue weighted by Crippen LogP contribution is -2.13. The standard InChI is InChI=1S/C13H8F3N3O2S/c14-13(15,16)9-5-1-3-7-11(9)22(20,21)12-8-4-2-6-10(12)18-19-17/h1-8H. The normalized spacial score (nSPS) is 11.8. The SMILES string of the molecule is [N-]=[N+]=Nc1ccccc1S(=O)(=O)c1ccccc1C(F)(F)F. The van der Waals surface area contributed by atoms with Gasteiger partial charge < -0.3 is 0 Å². The van der Waals surface area contributed by atoms with Gasteiger partial charge in [-0.2, -0.15) is 13.2 Å². The quantitative estimate of drug-likeness (QED) is 0.473. The van der Waals surface area contributed by atoms with Crippen molar-refractivity contribution in [1.29, 1.82) is 0 Å². The molecule has 2 rings (SSSR count). The molecule has 0 aromatic heterocycles. The fourth-order valence-electron chi connectivity index (χ4n) is 1.87. The molecule has 0 aliphatic rings. The van der Waals surface area contributed by atoms with Crippen LogP contribution in [0.1, 0.15) is 5.56 Å². The minimum atomic E-state index is -4.82. The predicted octanol–water partition coefficient (Wildman–Crippen LogP) is 4.48. The maximum atomic E-state index is 13.0. The summed E-state index contributed by atoms with van der Waals surface area (Å²) in [4.78, 5) is 1.12. The van der Waals surface area contributed by atoms with Crippen molar-refractivity contribution in [3.8, 4) is 0 Å². The molecule has 114 valence electrons. The van der Waals surface area contributed by atoms with E-state index >= 15 is 0 Å². The van der Waals surface area contributed by atoms with E-state index in [9.17, 15) is 21.6 Å². The number of hydrogen-bond acceptors (Lipinski definition) is 3. The average Bonchev–Trinajstić information content (AvgIpc) is 2.47. The van der Waals surface area contributed by atoms with E-state index in [0.29, 0.717) is 6.07 Å². The van der Waals surface area contributed by atoms with Crippen LogP contribution in [0.15, 0.2) is 63.4 Å². The molecule has 0 saturated heterocycles. The van der Waals surface area contributed by atoms with Gasteiger partial charge >= 0.3 is 6.18 Å². The maximum Gasteiger partial charge on any atom is 0.417 e. The molecule has 0 N–H and O–H groups in total. The minimum absolute atomic E-state index is 0.262. The predicted molar refractivity (Wildman–Crippen MR) is 72.1 cm³/mol. The van der Waals surface area contributed by atoms with E-state index in [1.807, 2.05) is 0 Å². The molecule has 0 spiro atoms. The molecule has 0 atom stereocenters. The highest BCUT2D eigenvalue weighted by Gasteiger charge is 2.37. The maximum absolute atomic E-state index is 13.0. The van der Waals surface area contributed by atoms with Gasteiger partial charge in [-0.1, -0.05) is 35.4 Å². The first-order chi connectivity index (χ1) is 10.3. The van der Waals surface area contributed by atoms with Crippen LogP contribution in [0.4, 0.5) is 18.9 Å². The van der Waals surface area contributed by atoms with Crippen molar-refractivity contribution < 1.29 is 21.6 Å². The Kier molecular flexibility index (Phi) is 4.11. The summed E-state index contributed by atoms with van der Waals surface area (Å²) in [6, 6.07) is 8.89. The fraction of sp³-hybridized carbons (Fsp3) is 0.0769. The highest BCUT2D eigenvalue weighted by Crippen LogP contribution is 2.38. The number of sulfone groups is 1. The van der Waals surface area contributed by atoms with Crippen molar-refractivity contribution in [2.24, 2.45) is 5.11 Å². The van der Waals surface area contributed by atoms with Crippen LogP contribution in [0.25, 0.3) is 10.4 Å². The Balaban J connectivity index is 2.76. The first-order valence-electron chi connectivity index (χ1n) is 5.84. The Labute approximate surface area is 123 Å². The van der Waals surface area contributed by atoms with E-state index in [1.54, 1.807) is 0 Å². The molecule has 0 aliphatic carbocycles. The van der Waals surface area contributed by atoms with Gasteiger partial charge in [-0.05, 0) is 23.7 Å². The summed E-state index contributed by atoms with van der Waals surface area (Å²) in [7, 11) is -4.49. The third-order valence-electron chi connectivity index (χ3n) is 2.79. The summed E-state index contributed by atoms with van der Waals surface area (Å²) < 4.78 is 64.0. The average molecular weight is 327 g/mol. The van der Waals surface area contributed by atoms with Crippen LogP contribution in [-0.4, -0.2) is 8.42 Å². The van der Waals surface area contributed by atoms with Crippen LogP contribution < -0.4 is 0 Å². The number of alkyl halides is 3. The van der Waals surface area contributed by atoms with E-state index < -0.39 is 31.4 Å². The Morgan fingerprint density at radius 2 is 1.50 bits per heavy atom. The Morgan fingerprint density at radius 1 is 0.955 bits per heavy atom. The number of hydrogen-bond donors (Lipinski definition) is 0. The molecule has 9 heteroatoms. The van der Waals surface area contributed by atoms with Crippen molar-refractivity contribution in [1.82, 2.24) is 0 Å². The highest BCUT2D eigenvalue weighted by atomic mass is 32.2. The van der Waals surface area contributed by atoms with Crippen LogP contribution in [0.3, 0.4) is 0 Å². The number of benzene rings is 2. The topological polar surface area (TPSA) is 82.9 Å². The second-order valence-corrected chi connectivity index (χ2v) is 6.04. The molecule has 22 heavy (non-hydrogen) atoms. The van der Waals surface area contributed by atoms with E-state index in [0.717, 1.165) is 18.2 Å². The third kappa shape index (κ3) is 2.90. The second-order valence-electron chi connectivity index (χ2n) is 4.15. The molecule has 0 fully saturated rings. The van der Waals surface area contributed by atoms with E-state index in [4.69, 9.17) is 5.53 Å². The molecule has 2 aromatic carbocycles. The summed E-state index contributed by atoms with van der Waals surface area (Å²) in [5, 5.41) is 3.21. The fourth-order valence-corrected chi connectivity index (χ4v) is 3.48. The number of halogens is 3. The van der Waals surface area contributed by atoms with Crippen molar-refractivity contribution in [2.75, 3.05) is 0 Å². The van der Waals surface area contributed by atoms with E-state index in [-0.39, 0.29) is 5.69 Å². The smallest absolute Gasteiger partial charge is 0.218 e. The van der Waals surface area contributed by atoms with Gasteiger partial charge in [0.05, 0.1) is 21.0 Å². The molecule has 0 amide bonds. The summed E-state index contributed by atoms with van der Waals surface area (Å²) in [5.74, 6) is 0. The molecule has 0 heterocycles. The Morgan fingerprint density at radius 3 is 2.09 bits per heavy atom. The van der Waals surface area contributed by atoms with Crippen LogP contribution in [0.2, 0.25) is 0 Å². The highest BCUT2D eigenvalue weighted by molar-refractivity contribution is 7.91. The molecular formula is C13H8F3N3O2S. The molecule has 0 aliphatic heterocycles. The summed E-state index contributed by atoms with van der Waals surface area (Å²) in [6.45, 7) is 0. The van der Waals surface area contributed by atoms with Crippen LogP contribution in [-0.2, 0) is 16.0 Å². The lowest BCUT2D eigenvalue weighted by Gasteiger charge is -2.14. The molecule has 0 radical (unpaired) electrons. The van der Waals surface area contributed by atoms with Crippen molar-refractivity contribution in [3.63, 3.8) is 0 Å². The Hall–Kier alpha value is -2.51. The second kappa shape index (κ2) is 5.70. The van der Waals surface area contributed by atoms with Crippen LogP contribution in [0, 0.1) is 0 Å². The largest absolute Gasteiger partial charge is 0.417 e. The van der Waals surface area contributed by atoms with Gasteiger partial charge in [0.15, 0.2) is 0 Å².